The molecule has 1 fully saturated rings. The van der Waals surface area contributed by atoms with E-state index in [4.69, 9.17) is 4.74 Å². The minimum absolute atomic E-state index is 0.0431. The Morgan fingerprint density at radius 3 is 2.54 bits per heavy atom. The molecule has 1 saturated heterocycles. The largest absolute Gasteiger partial charge is 0.452 e. The second-order valence-electron chi connectivity index (χ2n) is 7.33. The summed E-state index contributed by atoms with van der Waals surface area (Å²) < 4.78 is 28.6. The molecule has 0 spiro atoms. The van der Waals surface area contributed by atoms with Gasteiger partial charge in [0, 0.05) is 24.2 Å². The van der Waals surface area contributed by atoms with Crippen molar-refractivity contribution in [2.45, 2.75) is 33.2 Å². The van der Waals surface area contributed by atoms with E-state index in [2.05, 4.69) is 0 Å². The van der Waals surface area contributed by atoms with Gasteiger partial charge in [0.05, 0.1) is 22.0 Å². The third kappa shape index (κ3) is 5.51. The summed E-state index contributed by atoms with van der Waals surface area (Å²) in [7, 11) is -3.16. The quantitative estimate of drug-likeness (QED) is 0.379. The van der Waals surface area contributed by atoms with Crippen LogP contribution in [-0.2, 0) is 19.4 Å². The highest BCUT2D eigenvalue weighted by Crippen LogP contribution is 2.21. The molecule has 0 aliphatic carbocycles. The lowest BCUT2D eigenvalue weighted by molar-refractivity contribution is -0.385. The minimum Gasteiger partial charge on any atom is -0.452 e. The van der Waals surface area contributed by atoms with Crippen LogP contribution in [0.25, 0.3) is 0 Å². The number of rotatable bonds is 7. The maximum atomic E-state index is 12.6. The highest BCUT2D eigenvalue weighted by Gasteiger charge is 2.35. The Hall–Kier alpha value is -2.49. The summed E-state index contributed by atoms with van der Waals surface area (Å²) >= 11 is 0. The first-order valence-electron chi connectivity index (χ1n) is 8.92. The monoisotopic (exact) mass is 412 g/mol. The van der Waals surface area contributed by atoms with Gasteiger partial charge < -0.3 is 9.64 Å². The van der Waals surface area contributed by atoms with E-state index in [1.165, 1.54) is 30.0 Å². The second kappa shape index (κ2) is 8.68. The molecule has 10 heteroatoms. The highest BCUT2D eigenvalue weighted by molar-refractivity contribution is 7.91. The molecular weight excluding hydrogens is 388 g/mol. The standard InChI is InChI=1S/C18H24N2O7S/c1-12(2)9-19(15-6-7-28(25,26)11-15)17(21)10-27-18(22)14-4-5-16(20(23)24)13(3)8-14/h4-5,8,12,15H,6-7,9-11H2,1-3H3. The number of carbonyl (C=O) groups is 2. The van der Waals surface area contributed by atoms with E-state index in [0.717, 1.165) is 0 Å². The minimum atomic E-state index is -3.16. The molecule has 9 nitrogen and oxygen atoms in total. The van der Waals surface area contributed by atoms with Crippen molar-refractivity contribution in [2.75, 3.05) is 24.7 Å². The van der Waals surface area contributed by atoms with Gasteiger partial charge in [0.2, 0.25) is 0 Å². The van der Waals surface area contributed by atoms with Gasteiger partial charge in [0.1, 0.15) is 0 Å². The number of hydrogen-bond donors (Lipinski definition) is 0. The maximum Gasteiger partial charge on any atom is 0.338 e. The molecule has 2 rings (SSSR count). The van der Waals surface area contributed by atoms with Crippen LogP contribution in [0.1, 0.15) is 36.2 Å². The van der Waals surface area contributed by atoms with Gasteiger partial charge in [-0.05, 0) is 31.4 Å². The third-order valence-corrected chi connectivity index (χ3v) is 6.24. The normalized spacial score (nSPS) is 18.1. The Labute approximate surface area is 163 Å². The third-order valence-electron chi connectivity index (χ3n) is 4.49. The number of nitro groups is 1. The van der Waals surface area contributed by atoms with Crippen LogP contribution in [0.2, 0.25) is 0 Å². The number of sulfone groups is 1. The van der Waals surface area contributed by atoms with Crippen LogP contribution in [0.4, 0.5) is 5.69 Å². The van der Waals surface area contributed by atoms with Crippen LogP contribution in [0.15, 0.2) is 18.2 Å². The number of hydrogen-bond acceptors (Lipinski definition) is 7. The van der Waals surface area contributed by atoms with Crippen molar-refractivity contribution >= 4 is 27.4 Å². The van der Waals surface area contributed by atoms with Gasteiger partial charge in [-0.3, -0.25) is 14.9 Å². The summed E-state index contributed by atoms with van der Waals surface area (Å²) in [5, 5.41) is 10.8. The predicted molar refractivity (Wildman–Crippen MR) is 102 cm³/mol. The van der Waals surface area contributed by atoms with E-state index >= 15 is 0 Å². The molecule has 28 heavy (non-hydrogen) atoms. The predicted octanol–water partition coefficient (Wildman–Crippen LogP) is 1.73. The molecule has 1 aromatic carbocycles. The molecule has 0 aromatic heterocycles. The second-order valence-corrected chi connectivity index (χ2v) is 9.56. The van der Waals surface area contributed by atoms with Gasteiger partial charge in [-0.2, -0.15) is 0 Å². The van der Waals surface area contributed by atoms with Crippen LogP contribution >= 0.6 is 0 Å². The fraction of sp³-hybridized carbons (Fsp3) is 0.556. The molecule has 1 aromatic rings. The number of nitrogens with zero attached hydrogens (tertiary/aromatic N) is 2. The summed E-state index contributed by atoms with van der Waals surface area (Å²) in [5.74, 6) is -1.14. The molecular formula is C18H24N2O7S. The molecule has 0 N–H and O–H groups in total. The fourth-order valence-electron chi connectivity index (χ4n) is 3.15. The Balaban J connectivity index is 2.04. The number of esters is 1. The number of nitro benzene ring substituents is 1. The van der Waals surface area contributed by atoms with Gasteiger partial charge in [-0.1, -0.05) is 13.8 Å². The topological polar surface area (TPSA) is 124 Å². The van der Waals surface area contributed by atoms with E-state index < -0.39 is 39.3 Å². The van der Waals surface area contributed by atoms with Crippen molar-refractivity contribution in [3.05, 3.63) is 39.4 Å². The van der Waals surface area contributed by atoms with Crippen LogP contribution in [0.5, 0.6) is 0 Å². The first-order chi connectivity index (χ1) is 13.0. The van der Waals surface area contributed by atoms with Crippen LogP contribution < -0.4 is 0 Å². The molecule has 0 bridgehead atoms. The first kappa shape index (κ1) is 21.8. The van der Waals surface area contributed by atoms with Gasteiger partial charge >= 0.3 is 5.97 Å². The molecule has 1 atom stereocenters. The van der Waals surface area contributed by atoms with E-state index in [1.807, 2.05) is 13.8 Å². The summed E-state index contributed by atoms with van der Waals surface area (Å²) in [4.78, 5) is 36.6. The average Bonchev–Trinajstić information content (AvgIpc) is 2.96. The van der Waals surface area contributed by atoms with Gasteiger partial charge in [-0.25, -0.2) is 13.2 Å². The van der Waals surface area contributed by atoms with Crippen molar-refractivity contribution in [3.63, 3.8) is 0 Å². The van der Waals surface area contributed by atoms with E-state index in [9.17, 15) is 28.1 Å². The fourth-order valence-corrected chi connectivity index (χ4v) is 4.88. The van der Waals surface area contributed by atoms with E-state index in [1.54, 1.807) is 0 Å². The zero-order chi connectivity index (χ0) is 21.1. The number of benzene rings is 1. The lowest BCUT2D eigenvalue weighted by atomic mass is 10.1. The van der Waals surface area contributed by atoms with E-state index in [0.29, 0.717) is 18.5 Å². The number of carbonyl (C=O) groups excluding carboxylic acids is 2. The number of ether oxygens (including phenoxy) is 1. The number of aryl methyl sites for hydroxylation is 1. The summed E-state index contributed by atoms with van der Waals surface area (Å²) in [5.41, 5.74) is 0.302. The molecule has 154 valence electrons. The zero-order valence-electron chi connectivity index (χ0n) is 16.1. The van der Waals surface area contributed by atoms with Crippen LogP contribution in [-0.4, -0.2) is 60.8 Å². The van der Waals surface area contributed by atoms with Crippen molar-refractivity contribution < 1.29 is 27.7 Å². The first-order valence-corrected chi connectivity index (χ1v) is 10.7. The molecule has 1 heterocycles. The smallest absolute Gasteiger partial charge is 0.338 e. The average molecular weight is 412 g/mol. The summed E-state index contributed by atoms with van der Waals surface area (Å²) in [6.45, 7) is 5.18. The number of amides is 1. The van der Waals surface area contributed by atoms with Crippen molar-refractivity contribution in [1.29, 1.82) is 0 Å². The van der Waals surface area contributed by atoms with Gasteiger partial charge in [0.15, 0.2) is 16.4 Å². The maximum absolute atomic E-state index is 12.6. The Kier molecular flexibility index (Phi) is 6.76. The van der Waals surface area contributed by atoms with Gasteiger partial charge in [-0.15, -0.1) is 0 Å². The van der Waals surface area contributed by atoms with Crippen molar-refractivity contribution in [3.8, 4) is 0 Å². The molecule has 1 amide bonds. The summed E-state index contributed by atoms with van der Waals surface area (Å²) in [6.07, 6.45) is 0.371. The molecule has 1 aliphatic heterocycles. The Morgan fingerprint density at radius 1 is 1.36 bits per heavy atom. The highest BCUT2D eigenvalue weighted by atomic mass is 32.2. The zero-order valence-corrected chi connectivity index (χ0v) is 16.9. The molecule has 1 unspecified atom stereocenters. The van der Waals surface area contributed by atoms with Crippen LogP contribution in [0.3, 0.4) is 0 Å². The lowest BCUT2D eigenvalue weighted by Gasteiger charge is -2.29. The molecule has 1 aliphatic rings. The Bertz CT molecular complexity index is 880. The van der Waals surface area contributed by atoms with Crippen molar-refractivity contribution in [1.82, 2.24) is 4.90 Å². The van der Waals surface area contributed by atoms with Gasteiger partial charge in [0.25, 0.3) is 11.6 Å². The summed E-state index contributed by atoms with van der Waals surface area (Å²) in [6, 6.07) is 3.40. The lowest BCUT2D eigenvalue weighted by Crippen LogP contribution is -2.45. The van der Waals surface area contributed by atoms with Crippen LogP contribution in [0, 0.1) is 23.0 Å². The Morgan fingerprint density at radius 2 is 2.04 bits per heavy atom. The molecule has 0 radical (unpaired) electrons. The SMILES string of the molecule is Cc1cc(C(=O)OCC(=O)N(CC(C)C)C2CCS(=O)(=O)C2)ccc1[N+](=O)[O-]. The molecule has 0 saturated carbocycles. The van der Waals surface area contributed by atoms with E-state index in [-0.39, 0.29) is 28.7 Å². The van der Waals surface area contributed by atoms with Crippen molar-refractivity contribution in [2.24, 2.45) is 5.92 Å².